The van der Waals surface area contributed by atoms with Crippen molar-refractivity contribution in [2.75, 3.05) is 19.0 Å². The zero-order valence-corrected chi connectivity index (χ0v) is 20.3. The summed E-state index contributed by atoms with van der Waals surface area (Å²) in [6.07, 6.45) is 0.917. The second-order valence-electron chi connectivity index (χ2n) is 9.92. The van der Waals surface area contributed by atoms with Crippen LogP contribution in [0.25, 0.3) is 11.3 Å². The number of nitrogens with zero attached hydrogens (tertiary/aromatic N) is 1. The van der Waals surface area contributed by atoms with Gasteiger partial charge in [0.1, 0.15) is 28.4 Å². The van der Waals surface area contributed by atoms with E-state index >= 15 is 0 Å². The van der Waals surface area contributed by atoms with Gasteiger partial charge in [-0.3, -0.25) is 14.4 Å². The molecule has 3 aliphatic carbocycles. The highest BCUT2D eigenvalue weighted by molar-refractivity contribution is 6.24. The molecule has 0 spiro atoms. The number of aromatic hydroxyl groups is 1. The van der Waals surface area contributed by atoms with Crippen molar-refractivity contribution in [1.82, 2.24) is 0 Å². The molecule has 12 nitrogen and oxygen atoms in total. The lowest BCUT2D eigenvalue weighted by Gasteiger charge is -2.45. The van der Waals surface area contributed by atoms with E-state index in [1.54, 1.807) is 19.0 Å². The summed E-state index contributed by atoms with van der Waals surface area (Å²) in [5.41, 5.74) is 1.70. The number of amides is 1. The lowest BCUT2D eigenvalue weighted by molar-refractivity contribution is -0.144. The average molecular weight is 524 g/mol. The number of aliphatic hydroxyl groups is 3. The molecule has 0 aliphatic heterocycles. The second-order valence-corrected chi connectivity index (χ2v) is 9.92. The number of carboxylic acid groups (broad SMARTS) is 1. The Bertz CT molecular complexity index is 1530. The fourth-order valence-electron chi connectivity index (χ4n) is 5.93. The fraction of sp³-hybridized carbons (Fsp3) is 0.308. The van der Waals surface area contributed by atoms with Crippen LogP contribution in [0.2, 0.25) is 0 Å². The van der Waals surface area contributed by atoms with Gasteiger partial charge >= 0.3 is 5.97 Å². The van der Waals surface area contributed by atoms with Crippen LogP contribution in [0.4, 0.5) is 5.69 Å². The zero-order chi connectivity index (χ0) is 27.8. The van der Waals surface area contributed by atoms with Crippen LogP contribution < -0.4 is 10.6 Å². The maximum absolute atomic E-state index is 13.9. The Hall–Kier alpha value is -4.58. The number of fused-ring (bicyclic) bond motifs is 3. The van der Waals surface area contributed by atoms with E-state index in [0.29, 0.717) is 11.3 Å². The molecule has 7 N–H and O–H groups in total. The van der Waals surface area contributed by atoms with Gasteiger partial charge in [-0.05, 0) is 36.5 Å². The number of primary amides is 1. The van der Waals surface area contributed by atoms with Gasteiger partial charge in [0.05, 0.1) is 17.4 Å². The lowest BCUT2D eigenvalue weighted by Crippen LogP contribution is -2.57. The minimum absolute atomic E-state index is 0.000354. The molecule has 3 aliphatic rings. The number of aliphatic hydroxyl groups excluding tert-OH is 2. The predicted molar refractivity (Wildman–Crippen MR) is 130 cm³/mol. The van der Waals surface area contributed by atoms with Crippen molar-refractivity contribution in [3.63, 3.8) is 0 Å². The summed E-state index contributed by atoms with van der Waals surface area (Å²) in [5.74, 6) is -8.88. The molecule has 2 aromatic rings. The first kappa shape index (κ1) is 25.1. The van der Waals surface area contributed by atoms with Gasteiger partial charge in [0.2, 0.25) is 5.78 Å². The molecule has 0 bridgehead atoms. The Labute approximate surface area is 214 Å². The van der Waals surface area contributed by atoms with E-state index in [4.69, 9.17) is 10.2 Å². The number of phenols is 1. The number of phenolic OH excluding ortho intramolecular Hbond substituents is 1. The number of carboxylic acids is 1. The molecule has 38 heavy (non-hydrogen) atoms. The lowest BCUT2D eigenvalue weighted by atomic mass is 9.60. The Morgan fingerprint density at radius 3 is 2.45 bits per heavy atom. The normalized spacial score (nSPS) is 24.6. The van der Waals surface area contributed by atoms with Gasteiger partial charge in [-0.1, -0.05) is 0 Å². The first-order chi connectivity index (χ1) is 17.8. The van der Waals surface area contributed by atoms with Gasteiger partial charge in [0, 0.05) is 37.7 Å². The van der Waals surface area contributed by atoms with Crippen LogP contribution >= 0.6 is 0 Å². The molecular weight excluding hydrogens is 500 g/mol. The van der Waals surface area contributed by atoms with Crippen molar-refractivity contribution < 1.29 is 49.1 Å². The van der Waals surface area contributed by atoms with Crippen molar-refractivity contribution in [3.8, 4) is 17.1 Å². The van der Waals surface area contributed by atoms with Crippen LogP contribution in [-0.4, -0.2) is 68.7 Å². The molecule has 5 rings (SSSR count). The summed E-state index contributed by atoms with van der Waals surface area (Å²) in [6, 6.07) is 2.70. The topological polar surface area (TPSA) is 212 Å². The van der Waals surface area contributed by atoms with Gasteiger partial charge in [0.25, 0.3) is 5.91 Å². The molecule has 1 amide bonds. The van der Waals surface area contributed by atoms with E-state index in [-0.39, 0.29) is 47.3 Å². The minimum Gasteiger partial charge on any atom is -0.511 e. The second kappa shape index (κ2) is 8.21. The van der Waals surface area contributed by atoms with Crippen LogP contribution in [0.5, 0.6) is 5.75 Å². The molecule has 1 aromatic heterocycles. The van der Waals surface area contributed by atoms with E-state index < -0.39 is 63.7 Å². The number of hydrogen-bond acceptors (Lipinski definition) is 10. The Morgan fingerprint density at radius 1 is 1.16 bits per heavy atom. The van der Waals surface area contributed by atoms with Gasteiger partial charge < -0.3 is 40.6 Å². The standard InChI is InChI=1S/C26H24N2O10/c1-28(2)14-8-13(21-11(25(35)36)3-4-38-21)19(30)17-12(14)6-9-5-10-7-15(29)18(24(27)34)23(33)26(10,37)22(32)16(9)20(17)31/h3-4,8-10,29-30,32,37H,5-7H2,1-2H3,(H2,27,34)(H,35,36)/t9-,10+,26+/m1/s1. The summed E-state index contributed by atoms with van der Waals surface area (Å²) in [6.45, 7) is 0. The Morgan fingerprint density at radius 2 is 1.84 bits per heavy atom. The maximum Gasteiger partial charge on any atom is 0.339 e. The largest absolute Gasteiger partial charge is 0.511 e. The molecule has 0 unspecified atom stereocenters. The van der Waals surface area contributed by atoms with E-state index in [1.807, 2.05) is 0 Å². The highest BCUT2D eigenvalue weighted by atomic mass is 16.4. The summed E-state index contributed by atoms with van der Waals surface area (Å²) in [4.78, 5) is 52.1. The first-order valence-electron chi connectivity index (χ1n) is 11.6. The summed E-state index contributed by atoms with van der Waals surface area (Å²) in [5, 5.41) is 53.6. The molecule has 0 saturated heterocycles. The van der Waals surface area contributed by atoms with Crippen LogP contribution in [0, 0.1) is 11.8 Å². The molecule has 3 atom stereocenters. The minimum atomic E-state index is -2.68. The maximum atomic E-state index is 13.9. The molecule has 0 saturated carbocycles. The molecule has 0 fully saturated rings. The third-order valence-corrected chi connectivity index (χ3v) is 7.66. The number of nitrogens with two attached hydrogens (primary N) is 1. The number of Topliss-reactive ketones (excluding diaryl/α,β-unsaturated/α-hetero) is 2. The van der Waals surface area contributed by atoms with E-state index in [9.17, 15) is 44.7 Å². The SMILES string of the molecule is CN(C)c1cc(-c2occc2C(=O)O)c(O)c2c1C[C@H]1C[C@H]3CC(O)=C(C(N)=O)C(=O)[C@@]3(O)C(O)=C1C2=O. The van der Waals surface area contributed by atoms with Crippen LogP contribution in [0.15, 0.2) is 45.5 Å². The predicted octanol–water partition coefficient (Wildman–Crippen LogP) is 1.60. The van der Waals surface area contributed by atoms with Crippen LogP contribution in [0.3, 0.4) is 0 Å². The Kier molecular flexibility index (Phi) is 5.42. The quantitative estimate of drug-likeness (QED) is 0.316. The monoisotopic (exact) mass is 524 g/mol. The number of aromatic carboxylic acids is 1. The number of allylic oxidation sites excluding steroid dienone is 2. The summed E-state index contributed by atoms with van der Waals surface area (Å²) < 4.78 is 5.34. The third-order valence-electron chi connectivity index (χ3n) is 7.66. The number of furan rings is 1. The fourth-order valence-corrected chi connectivity index (χ4v) is 5.93. The highest BCUT2D eigenvalue weighted by Gasteiger charge is 2.59. The van der Waals surface area contributed by atoms with Gasteiger partial charge in [-0.2, -0.15) is 0 Å². The number of hydrogen-bond donors (Lipinski definition) is 6. The first-order valence-corrected chi connectivity index (χ1v) is 11.6. The summed E-state index contributed by atoms with van der Waals surface area (Å²) in [7, 11) is 3.38. The van der Waals surface area contributed by atoms with Crippen LogP contribution in [0.1, 0.15) is 39.1 Å². The number of carbonyl (C=O) groups is 4. The molecule has 1 aromatic carbocycles. The molecule has 12 heteroatoms. The van der Waals surface area contributed by atoms with Crippen molar-refractivity contribution in [3.05, 3.63) is 57.8 Å². The zero-order valence-electron chi connectivity index (χ0n) is 20.3. The number of benzene rings is 1. The van der Waals surface area contributed by atoms with Gasteiger partial charge in [-0.15, -0.1) is 0 Å². The van der Waals surface area contributed by atoms with Crippen molar-refractivity contribution in [2.24, 2.45) is 17.6 Å². The smallest absolute Gasteiger partial charge is 0.339 e. The number of anilines is 1. The van der Waals surface area contributed by atoms with E-state index in [2.05, 4.69) is 0 Å². The van der Waals surface area contributed by atoms with E-state index in [1.165, 1.54) is 12.1 Å². The molecular formula is C26H24N2O10. The van der Waals surface area contributed by atoms with Gasteiger partial charge in [0.15, 0.2) is 17.1 Å². The number of ketones is 2. The average Bonchev–Trinajstić information content (AvgIpc) is 3.31. The number of rotatable bonds is 4. The van der Waals surface area contributed by atoms with Crippen LogP contribution in [-0.2, 0) is 16.0 Å². The molecule has 0 radical (unpaired) electrons. The molecule has 198 valence electrons. The van der Waals surface area contributed by atoms with Crippen molar-refractivity contribution in [1.29, 1.82) is 0 Å². The number of carbonyl (C=O) groups excluding carboxylic acids is 3. The van der Waals surface area contributed by atoms with Crippen molar-refractivity contribution in [2.45, 2.75) is 24.9 Å². The molecule has 1 heterocycles. The summed E-state index contributed by atoms with van der Waals surface area (Å²) >= 11 is 0. The highest BCUT2D eigenvalue weighted by Crippen LogP contribution is 2.53. The Balaban J connectivity index is 1.74. The van der Waals surface area contributed by atoms with Gasteiger partial charge in [-0.25, -0.2) is 4.79 Å². The third kappa shape index (κ3) is 3.19. The van der Waals surface area contributed by atoms with E-state index in [0.717, 1.165) is 6.26 Å². The van der Waals surface area contributed by atoms with Crippen molar-refractivity contribution >= 4 is 29.1 Å².